The highest BCUT2D eigenvalue weighted by Crippen LogP contribution is 2.29. The number of hydrogen-bond acceptors (Lipinski definition) is 10. The molecule has 0 bridgehead atoms. The minimum Gasteiger partial charge on any atom is -0.463 e. The molecule has 1 rings (SSSR count). The van der Waals surface area contributed by atoms with Crippen LogP contribution in [-0.2, 0) is 42.9 Å². The molecule has 0 amide bonds. The molecule has 1 saturated heterocycles. The van der Waals surface area contributed by atoms with Crippen molar-refractivity contribution in [2.75, 3.05) is 6.61 Å². The van der Waals surface area contributed by atoms with Crippen molar-refractivity contribution in [3.63, 3.8) is 0 Å². The summed E-state index contributed by atoms with van der Waals surface area (Å²) in [5.41, 5.74) is 8.78. The standard InChI is InChI=1S/C14H19N3O9/c1-6(18)22-5-10-12(23-7(2)19)13(24-8(3)20)11(16-17-15)14(26-10)25-9(4)21/h10-14H,5H2,1-4H3/t10-,11-,12-,13-,14+/m1/s1. The lowest BCUT2D eigenvalue weighted by molar-refractivity contribution is -0.267. The summed E-state index contributed by atoms with van der Waals surface area (Å²) >= 11 is 0. The third kappa shape index (κ3) is 6.22. The first-order chi connectivity index (χ1) is 12.1. The van der Waals surface area contributed by atoms with Gasteiger partial charge in [-0.25, -0.2) is 0 Å². The van der Waals surface area contributed by atoms with Crippen LogP contribution in [0.15, 0.2) is 5.11 Å². The van der Waals surface area contributed by atoms with Crippen LogP contribution in [0.3, 0.4) is 0 Å². The van der Waals surface area contributed by atoms with Gasteiger partial charge >= 0.3 is 23.9 Å². The van der Waals surface area contributed by atoms with E-state index in [1.807, 2.05) is 0 Å². The first-order valence-electron chi connectivity index (χ1n) is 7.50. The molecule has 0 aliphatic carbocycles. The lowest BCUT2D eigenvalue weighted by Gasteiger charge is -2.42. The van der Waals surface area contributed by atoms with Crippen molar-refractivity contribution in [1.82, 2.24) is 0 Å². The predicted octanol–water partition coefficient (Wildman–Crippen LogP) is 0.380. The minimum absolute atomic E-state index is 0.383. The van der Waals surface area contributed by atoms with E-state index in [1.165, 1.54) is 0 Å². The second-order valence-electron chi connectivity index (χ2n) is 5.30. The van der Waals surface area contributed by atoms with Crippen LogP contribution in [0.4, 0.5) is 0 Å². The van der Waals surface area contributed by atoms with E-state index < -0.39 is 54.5 Å². The van der Waals surface area contributed by atoms with Crippen molar-refractivity contribution in [3.05, 3.63) is 10.4 Å². The number of rotatable bonds is 6. The smallest absolute Gasteiger partial charge is 0.304 e. The summed E-state index contributed by atoms with van der Waals surface area (Å²) in [6.07, 6.45) is -5.18. The third-order valence-corrected chi connectivity index (χ3v) is 3.14. The van der Waals surface area contributed by atoms with E-state index >= 15 is 0 Å². The van der Waals surface area contributed by atoms with E-state index in [-0.39, 0.29) is 6.61 Å². The Hall–Kier alpha value is -2.85. The highest BCUT2D eigenvalue weighted by atomic mass is 16.7. The molecule has 1 fully saturated rings. The maximum Gasteiger partial charge on any atom is 0.304 e. The Labute approximate surface area is 148 Å². The molecular formula is C14H19N3O9. The number of carbonyl (C=O) groups excluding carboxylic acids is 4. The van der Waals surface area contributed by atoms with Crippen LogP contribution in [0, 0.1) is 0 Å². The quantitative estimate of drug-likeness (QED) is 0.210. The summed E-state index contributed by atoms with van der Waals surface area (Å²) in [6.45, 7) is 4.06. The summed E-state index contributed by atoms with van der Waals surface area (Å²) in [5.74, 6) is -2.90. The van der Waals surface area contributed by atoms with E-state index in [0.717, 1.165) is 27.7 Å². The van der Waals surface area contributed by atoms with Crippen LogP contribution in [0.5, 0.6) is 0 Å². The van der Waals surface area contributed by atoms with E-state index in [4.69, 9.17) is 29.2 Å². The fourth-order valence-electron chi connectivity index (χ4n) is 2.33. The lowest BCUT2D eigenvalue weighted by atomic mass is 9.97. The van der Waals surface area contributed by atoms with Crippen LogP contribution < -0.4 is 0 Å². The maximum atomic E-state index is 11.5. The van der Waals surface area contributed by atoms with Gasteiger partial charge in [-0.3, -0.25) is 19.2 Å². The molecule has 1 heterocycles. The fourth-order valence-corrected chi connectivity index (χ4v) is 2.33. The maximum absolute atomic E-state index is 11.5. The van der Waals surface area contributed by atoms with Crippen LogP contribution >= 0.6 is 0 Å². The van der Waals surface area contributed by atoms with Crippen molar-refractivity contribution in [1.29, 1.82) is 0 Å². The number of ether oxygens (including phenoxy) is 5. The molecule has 0 radical (unpaired) electrons. The molecule has 0 aromatic rings. The summed E-state index contributed by atoms with van der Waals surface area (Å²) in [5, 5.41) is 3.44. The Morgan fingerprint density at radius 1 is 0.923 bits per heavy atom. The first kappa shape index (κ1) is 21.2. The molecule has 144 valence electrons. The molecule has 0 aromatic heterocycles. The first-order valence-corrected chi connectivity index (χ1v) is 7.50. The monoisotopic (exact) mass is 373 g/mol. The molecule has 0 N–H and O–H groups in total. The molecule has 5 atom stereocenters. The van der Waals surface area contributed by atoms with E-state index in [9.17, 15) is 19.2 Å². The van der Waals surface area contributed by atoms with Gasteiger partial charge in [0.2, 0.25) is 6.29 Å². The molecule has 12 heteroatoms. The van der Waals surface area contributed by atoms with Crippen LogP contribution in [0.2, 0.25) is 0 Å². The van der Waals surface area contributed by atoms with Gasteiger partial charge in [0.25, 0.3) is 0 Å². The second kappa shape index (κ2) is 9.59. The largest absolute Gasteiger partial charge is 0.463 e. The van der Waals surface area contributed by atoms with Gasteiger partial charge in [-0.15, -0.1) is 0 Å². The number of carbonyl (C=O) groups is 4. The molecule has 0 saturated carbocycles. The zero-order valence-electron chi connectivity index (χ0n) is 14.6. The van der Waals surface area contributed by atoms with Gasteiger partial charge in [0.1, 0.15) is 18.8 Å². The molecule has 0 spiro atoms. The van der Waals surface area contributed by atoms with Crippen molar-refractivity contribution >= 4 is 23.9 Å². The topological polar surface area (TPSA) is 163 Å². The minimum atomic E-state index is -1.44. The summed E-state index contributed by atoms with van der Waals surface area (Å²) in [7, 11) is 0. The zero-order chi connectivity index (χ0) is 19.9. The zero-order valence-corrected chi connectivity index (χ0v) is 14.6. The normalized spacial score (nSPS) is 27.5. The Morgan fingerprint density at radius 2 is 1.46 bits per heavy atom. The Balaban J connectivity index is 3.28. The Kier molecular flexibility index (Phi) is 7.81. The fraction of sp³-hybridized carbons (Fsp3) is 0.714. The van der Waals surface area contributed by atoms with Crippen LogP contribution in [-0.4, -0.2) is 61.1 Å². The van der Waals surface area contributed by atoms with E-state index in [1.54, 1.807) is 0 Å². The van der Waals surface area contributed by atoms with Gasteiger partial charge in [-0.1, -0.05) is 5.11 Å². The molecule has 0 aromatic carbocycles. The molecule has 26 heavy (non-hydrogen) atoms. The number of hydrogen-bond donors (Lipinski definition) is 0. The number of esters is 4. The second-order valence-corrected chi connectivity index (χ2v) is 5.30. The highest BCUT2D eigenvalue weighted by molar-refractivity contribution is 5.68. The molecule has 12 nitrogen and oxygen atoms in total. The third-order valence-electron chi connectivity index (χ3n) is 3.14. The molecule has 0 unspecified atom stereocenters. The SMILES string of the molecule is CC(=O)OC[C@H]1O[C@H](OC(C)=O)[C@H](N=[N+]=[N-])[C@@H](OC(C)=O)[C@@H]1OC(C)=O. The van der Waals surface area contributed by atoms with Crippen molar-refractivity contribution in [2.45, 2.75) is 58.3 Å². The average molecular weight is 373 g/mol. The van der Waals surface area contributed by atoms with Gasteiger partial charge in [-0.05, 0) is 5.53 Å². The van der Waals surface area contributed by atoms with Crippen LogP contribution in [0.1, 0.15) is 27.7 Å². The summed E-state index contributed by atoms with van der Waals surface area (Å²) in [6, 6.07) is -1.33. The van der Waals surface area contributed by atoms with Gasteiger partial charge in [0.15, 0.2) is 12.2 Å². The average Bonchev–Trinajstić information content (AvgIpc) is 2.49. The lowest BCUT2D eigenvalue weighted by Crippen LogP contribution is -2.61. The highest BCUT2D eigenvalue weighted by Gasteiger charge is 2.51. The van der Waals surface area contributed by atoms with Gasteiger partial charge < -0.3 is 23.7 Å². The van der Waals surface area contributed by atoms with E-state index in [0.29, 0.717) is 0 Å². The van der Waals surface area contributed by atoms with Crippen molar-refractivity contribution in [2.24, 2.45) is 5.11 Å². The molecule has 1 aliphatic heterocycles. The Morgan fingerprint density at radius 3 is 1.92 bits per heavy atom. The van der Waals surface area contributed by atoms with Crippen molar-refractivity contribution < 1.29 is 42.9 Å². The summed E-state index contributed by atoms with van der Waals surface area (Å²) < 4.78 is 25.5. The summed E-state index contributed by atoms with van der Waals surface area (Å²) in [4.78, 5) is 47.9. The van der Waals surface area contributed by atoms with Crippen LogP contribution in [0.25, 0.3) is 10.4 Å². The number of nitrogens with zero attached hydrogens (tertiary/aromatic N) is 3. The predicted molar refractivity (Wildman–Crippen MR) is 81.1 cm³/mol. The van der Waals surface area contributed by atoms with Crippen molar-refractivity contribution in [3.8, 4) is 0 Å². The Bertz CT molecular complexity index is 617. The van der Waals surface area contributed by atoms with Gasteiger partial charge in [-0.2, -0.15) is 0 Å². The molecular weight excluding hydrogens is 354 g/mol. The van der Waals surface area contributed by atoms with Gasteiger partial charge in [0, 0.05) is 32.6 Å². The molecule has 1 aliphatic rings. The van der Waals surface area contributed by atoms with Gasteiger partial charge in [0.05, 0.1) is 0 Å². The van der Waals surface area contributed by atoms with E-state index in [2.05, 4.69) is 10.0 Å². The number of azide groups is 1.